The molecule has 20 heavy (non-hydrogen) atoms. The zero-order valence-corrected chi connectivity index (χ0v) is 12.8. The molecular weight excluding hydrogens is 295 g/mol. The molecular formula is C12H24F3NO3S. The van der Waals surface area contributed by atoms with Crippen molar-refractivity contribution < 1.29 is 31.0 Å². The molecule has 0 radical (unpaired) electrons. The highest BCUT2D eigenvalue weighted by atomic mass is 32.2. The van der Waals surface area contributed by atoms with Gasteiger partial charge in [0.15, 0.2) is 10.1 Å². The quantitative estimate of drug-likeness (QED) is 0.631. The van der Waals surface area contributed by atoms with Crippen molar-refractivity contribution in [3.63, 3.8) is 0 Å². The zero-order valence-electron chi connectivity index (χ0n) is 12.0. The Kier molecular flexibility index (Phi) is 8.69. The molecule has 0 aliphatic carbocycles. The van der Waals surface area contributed by atoms with Crippen molar-refractivity contribution >= 4 is 10.1 Å². The Hall–Kier alpha value is -0.340. The number of nitrogens with one attached hydrogen (secondary N) is 1. The van der Waals surface area contributed by atoms with Gasteiger partial charge in [-0.2, -0.15) is 13.2 Å². The maximum Gasteiger partial charge on any atom is 0.485 e. The van der Waals surface area contributed by atoms with Crippen LogP contribution in [0.25, 0.3) is 0 Å². The van der Waals surface area contributed by atoms with E-state index in [-0.39, 0.29) is 0 Å². The topological polar surface area (TPSA) is 61.6 Å². The number of quaternary nitrogens is 1. The highest BCUT2D eigenvalue weighted by Crippen LogP contribution is 2.20. The number of halogens is 3. The van der Waals surface area contributed by atoms with Crippen LogP contribution in [0.1, 0.15) is 46.0 Å². The number of unbranched alkanes of at least 4 members (excludes halogenated alkanes) is 1. The van der Waals surface area contributed by atoms with Crippen LogP contribution in [0.5, 0.6) is 0 Å². The van der Waals surface area contributed by atoms with Gasteiger partial charge in [0.2, 0.25) is 0 Å². The minimum Gasteiger partial charge on any atom is -0.741 e. The first-order chi connectivity index (χ1) is 9.11. The van der Waals surface area contributed by atoms with E-state index in [0.717, 1.165) is 5.92 Å². The SMILES string of the molecule is CCCC[NH+]1CCCC(CC)C1.O=S(=O)([O-])C(F)(F)F. The fourth-order valence-corrected chi connectivity index (χ4v) is 2.26. The van der Waals surface area contributed by atoms with Crippen LogP contribution in [0.4, 0.5) is 13.2 Å². The molecule has 1 fully saturated rings. The molecule has 0 bridgehead atoms. The summed E-state index contributed by atoms with van der Waals surface area (Å²) >= 11 is 0. The molecule has 2 atom stereocenters. The highest BCUT2D eigenvalue weighted by molar-refractivity contribution is 7.86. The summed E-state index contributed by atoms with van der Waals surface area (Å²) in [6.45, 7) is 8.95. The van der Waals surface area contributed by atoms with Gasteiger partial charge in [-0.1, -0.05) is 20.3 Å². The van der Waals surface area contributed by atoms with Gasteiger partial charge in [0.25, 0.3) is 0 Å². The molecule has 1 heterocycles. The number of piperidine rings is 1. The van der Waals surface area contributed by atoms with E-state index in [1.807, 2.05) is 4.90 Å². The van der Waals surface area contributed by atoms with Gasteiger partial charge in [-0.15, -0.1) is 0 Å². The van der Waals surface area contributed by atoms with Gasteiger partial charge in [-0.25, -0.2) is 8.42 Å². The molecule has 0 aromatic rings. The third-order valence-electron chi connectivity index (χ3n) is 3.46. The average molecular weight is 319 g/mol. The highest BCUT2D eigenvalue weighted by Gasteiger charge is 2.36. The Labute approximate surface area is 119 Å². The third kappa shape index (κ3) is 8.06. The van der Waals surface area contributed by atoms with E-state index in [1.165, 1.54) is 51.7 Å². The van der Waals surface area contributed by atoms with E-state index in [2.05, 4.69) is 13.8 Å². The van der Waals surface area contributed by atoms with Crippen LogP contribution in [0.3, 0.4) is 0 Å². The van der Waals surface area contributed by atoms with Gasteiger partial charge in [-0.3, -0.25) is 0 Å². The van der Waals surface area contributed by atoms with Gasteiger partial charge in [0.05, 0.1) is 19.6 Å². The lowest BCUT2D eigenvalue weighted by molar-refractivity contribution is -0.909. The van der Waals surface area contributed by atoms with Gasteiger partial charge in [0, 0.05) is 5.92 Å². The second-order valence-electron chi connectivity index (χ2n) is 5.12. The molecule has 0 amide bonds. The van der Waals surface area contributed by atoms with Crippen molar-refractivity contribution in [1.82, 2.24) is 0 Å². The lowest BCUT2D eigenvalue weighted by atomic mass is 9.95. The summed E-state index contributed by atoms with van der Waals surface area (Å²) < 4.78 is 58.9. The van der Waals surface area contributed by atoms with E-state index >= 15 is 0 Å². The number of hydrogen-bond donors (Lipinski definition) is 1. The number of hydrogen-bond acceptors (Lipinski definition) is 3. The van der Waals surface area contributed by atoms with E-state index in [1.54, 1.807) is 0 Å². The summed E-state index contributed by atoms with van der Waals surface area (Å²) in [5, 5.41) is 0. The Bertz CT molecular complexity index is 357. The Morgan fingerprint density at radius 1 is 1.30 bits per heavy atom. The van der Waals surface area contributed by atoms with Gasteiger partial charge < -0.3 is 9.45 Å². The summed E-state index contributed by atoms with van der Waals surface area (Å²) in [5.41, 5.74) is -5.65. The van der Waals surface area contributed by atoms with E-state index in [4.69, 9.17) is 13.0 Å². The third-order valence-corrected chi connectivity index (χ3v) is 4.03. The monoisotopic (exact) mass is 319 g/mol. The van der Waals surface area contributed by atoms with Gasteiger partial charge in [0.1, 0.15) is 0 Å². The second-order valence-corrected chi connectivity index (χ2v) is 6.50. The summed E-state index contributed by atoms with van der Waals surface area (Å²) in [4.78, 5) is 1.87. The Morgan fingerprint density at radius 2 is 1.85 bits per heavy atom. The summed E-state index contributed by atoms with van der Waals surface area (Å²) in [6.07, 6.45) is 7.14. The predicted octanol–water partition coefficient (Wildman–Crippen LogP) is 1.54. The molecule has 0 saturated carbocycles. The first kappa shape index (κ1) is 19.7. The molecule has 1 N–H and O–H groups in total. The van der Waals surface area contributed by atoms with Crippen molar-refractivity contribution in [2.45, 2.75) is 51.5 Å². The standard InChI is InChI=1S/C11H23N.CHF3O3S/c1-3-5-8-12-9-6-7-11(4-2)10-12;2-1(3,4)8(5,6)7/h11H,3-10H2,1-2H3;(H,5,6,7). The molecule has 1 aliphatic heterocycles. The molecule has 122 valence electrons. The first-order valence-corrected chi connectivity index (χ1v) is 8.38. The molecule has 1 aliphatic rings. The fraction of sp³-hybridized carbons (Fsp3) is 1.00. The molecule has 0 spiro atoms. The van der Waals surface area contributed by atoms with Crippen LogP contribution in [-0.2, 0) is 10.1 Å². The van der Waals surface area contributed by atoms with Gasteiger partial charge in [-0.05, 0) is 25.7 Å². The molecule has 4 nitrogen and oxygen atoms in total. The van der Waals surface area contributed by atoms with Crippen molar-refractivity contribution in [3.8, 4) is 0 Å². The largest absolute Gasteiger partial charge is 0.741 e. The molecule has 1 saturated heterocycles. The minimum atomic E-state index is -6.09. The predicted molar refractivity (Wildman–Crippen MR) is 69.2 cm³/mol. The molecule has 2 unspecified atom stereocenters. The van der Waals surface area contributed by atoms with Crippen molar-refractivity contribution in [1.29, 1.82) is 0 Å². The zero-order chi connectivity index (χ0) is 15.8. The summed E-state index contributed by atoms with van der Waals surface area (Å²) in [7, 11) is -6.09. The van der Waals surface area contributed by atoms with Crippen LogP contribution < -0.4 is 4.90 Å². The number of likely N-dealkylation sites (tertiary alicyclic amines) is 1. The summed E-state index contributed by atoms with van der Waals surface area (Å²) in [5.74, 6) is 1.03. The summed E-state index contributed by atoms with van der Waals surface area (Å²) in [6, 6.07) is 0. The van der Waals surface area contributed by atoms with Crippen LogP contribution >= 0.6 is 0 Å². The molecule has 0 aromatic heterocycles. The normalized spacial score (nSPS) is 23.9. The molecule has 0 aromatic carbocycles. The van der Waals surface area contributed by atoms with E-state index in [0.29, 0.717) is 0 Å². The maximum atomic E-state index is 10.7. The van der Waals surface area contributed by atoms with Crippen molar-refractivity contribution in [2.75, 3.05) is 19.6 Å². The second kappa shape index (κ2) is 8.84. The average Bonchev–Trinajstić information content (AvgIpc) is 2.35. The molecule has 1 rings (SSSR count). The molecule has 8 heteroatoms. The Morgan fingerprint density at radius 3 is 2.25 bits per heavy atom. The number of rotatable bonds is 4. The minimum absolute atomic E-state index is 1.03. The fourth-order valence-electron chi connectivity index (χ4n) is 2.26. The van der Waals surface area contributed by atoms with Crippen molar-refractivity contribution in [2.24, 2.45) is 5.92 Å². The van der Waals surface area contributed by atoms with Gasteiger partial charge >= 0.3 is 5.51 Å². The van der Waals surface area contributed by atoms with Crippen LogP contribution in [0, 0.1) is 5.92 Å². The van der Waals surface area contributed by atoms with Crippen LogP contribution in [0.15, 0.2) is 0 Å². The van der Waals surface area contributed by atoms with E-state index < -0.39 is 15.6 Å². The van der Waals surface area contributed by atoms with Crippen LogP contribution in [-0.4, -0.2) is 38.1 Å². The smallest absolute Gasteiger partial charge is 0.485 e. The van der Waals surface area contributed by atoms with E-state index in [9.17, 15) is 13.2 Å². The Balaban J connectivity index is 0.000000396. The first-order valence-electron chi connectivity index (χ1n) is 6.97. The van der Waals surface area contributed by atoms with Crippen LogP contribution in [0.2, 0.25) is 0 Å². The lowest BCUT2D eigenvalue weighted by Gasteiger charge is -2.29. The number of alkyl halides is 3. The van der Waals surface area contributed by atoms with Crippen molar-refractivity contribution in [3.05, 3.63) is 0 Å². The lowest BCUT2D eigenvalue weighted by Crippen LogP contribution is -3.13. The maximum absolute atomic E-state index is 10.7.